The Balaban J connectivity index is 2.87. The van der Waals surface area contributed by atoms with Crippen LogP contribution in [0.4, 0.5) is 4.39 Å². The van der Waals surface area contributed by atoms with E-state index in [9.17, 15) is 4.39 Å². The van der Waals surface area contributed by atoms with Gasteiger partial charge in [-0.2, -0.15) is 0 Å². The first-order valence-electron chi connectivity index (χ1n) is 4.46. The van der Waals surface area contributed by atoms with Crippen LogP contribution in [0.1, 0.15) is 12.7 Å². The quantitative estimate of drug-likeness (QED) is 0.740. The third kappa shape index (κ3) is 1.32. The molecule has 0 aliphatic carbocycles. The van der Waals surface area contributed by atoms with Gasteiger partial charge in [0.1, 0.15) is 11.3 Å². The second-order valence-electron chi connectivity index (χ2n) is 3.13. The van der Waals surface area contributed by atoms with Crippen molar-refractivity contribution in [3.8, 4) is 0 Å². The predicted octanol–water partition coefficient (Wildman–Crippen LogP) is 3.11. The highest BCUT2D eigenvalue weighted by molar-refractivity contribution is 14.1. The molecule has 0 saturated carbocycles. The summed E-state index contributed by atoms with van der Waals surface area (Å²) in [6.07, 6.45) is 0. The minimum absolute atomic E-state index is 0.210. The Labute approximate surface area is 95.3 Å². The molecule has 0 saturated heterocycles. The Morgan fingerprint density at radius 1 is 1.50 bits per heavy atom. The first-order chi connectivity index (χ1) is 6.65. The molecule has 2 rings (SSSR count). The van der Waals surface area contributed by atoms with Crippen molar-refractivity contribution in [1.82, 2.24) is 9.55 Å². The molecule has 0 aliphatic rings. The zero-order valence-electron chi connectivity index (χ0n) is 8.01. The highest BCUT2D eigenvalue weighted by Crippen LogP contribution is 2.22. The van der Waals surface area contributed by atoms with Gasteiger partial charge in [0.05, 0.1) is 9.09 Å². The number of aryl methyl sites for hydroxylation is 2. The second kappa shape index (κ2) is 3.49. The Bertz CT molecular complexity index is 490. The molecular weight excluding hydrogens is 294 g/mol. The minimum Gasteiger partial charge on any atom is -0.328 e. The summed E-state index contributed by atoms with van der Waals surface area (Å²) in [6.45, 7) is 4.75. The number of halogens is 2. The zero-order valence-corrected chi connectivity index (χ0v) is 10.2. The standard InChI is InChI=1S/C10H10FIN2/c1-3-14-6(2)13-10-8(14)5-4-7(12)9(10)11/h4-5H,3H2,1-2H3. The normalized spacial score (nSPS) is 11.1. The van der Waals surface area contributed by atoms with Crippen LogP contribution in [0, 0.1) is 16.3 Å². The third-order valence-corrected chi connectivity index (χ3v) is 3.15. The molecule has 0 fully saturated rings. The van der Waals surface area contributed by atoms with Crippen molar-refractivity contribution in [3.63, 3.8) is 0 Å². The number of hydrogen-bond donors (Lipinski definition) is 0. The molecule has 1 aromatic heterocycles. The molecular formula is C10H10FIN2. The number of hydrogen-bond acceptors (Lipinski definition) is 1. The number of aromatic nitrogens is 2. The summed E-state index contributed by atoms with van der Waals surface area (Å²) in [5, 5.41) is 0. The van der Waals surface area contributed by atoms with Gasteiger partial charge < -0.3 is 4.57 Å². The van der Waals surface area contributed by atoms with Crippen LogP contribution >= 0.6 is 22.6 Å². The molecule has 1 heterocycles. The Morgan fingerprint density at radius 2 is 2.21 bits per heavy atom. The van der Waals surface area contributed by atoms with Crippen molar-refractivity contribution in [2.24, 2.45) is 0 Å². The second-order valence-corrected chi connectivity index (χ2v) is 4.29. The Kier molecular flexibility index (Phi) is 2.47. The lowest BCUT2D eigenvalue weighted by atomic mass is 10.3. The Hall–Kier alpha value is -0.650. The van der Waals surface area contributed by atoms with Gasteiger partial charge in [-0.25, -0.2) is 9.37 Å². The number of imidazole rings is 1. The van der Waals surface area contributed by atoms with Crippen molar-refractivity contribution in [1.29, 1.82) is 0 Å². The van der Waals surface area contributed by atoms with Gasteiger partial charge >= 0.3 is 0 Å². The van der Waals surface area contributed by atoms with Crippen molar-refractivity contribution < 1.29 is 4.39 Å². The summed E-state index contributed by atoms with van der Waals surface area (Å²) < 4.78 is 16.3. The predicted molar refractivity (Wildman–Crippen MR) is 62.8 cm³/mol. The summed E-state index contributed by atoms with van der Waals surface area (Å²) in [5.74, 6) is 0.654. The van der Waals surface area contributed by atoms with E-state index in [0.29, 0.717) is 9.09 Å². The molecule has 4 heteroatoms. The average Bonchev–Trinajstić information content (AvgIpc) is 2.49. The highest BCUT2D eigenvalue weighted by Gasteiger charge is 2.12. The first kappa shape index (κ1) is 9.89. The van der Waals surface area contributed by atoms with Crippen LogP contribution in [-0.2, 0) is 6.54 Å². The molecule has 0 unspecified atom stereocenters. The third-order valence-electron chi connectivity index (χ3n) is 2.32. The van der Waals surface area contributed by atoms with Crippen LogP contribution in [-0.4, -0.2) is 9.55 Å². The van der Waals surface area contributed by atoms with E-state index in [4.69, 9.17) is 0 Å². The number of fused-ring (bicyclic) bond motifs is 1. The van der Waals surface area contributed by atoms with E-state index < -0.39 is 0 Å². The molecule has 0 aliphatic heterocycles. The van der Waals surface area contributed by atoms with E-state index in [0.717, 1.165) is 17.9 Å². The van der Waals surface area contributed by atoms with E-state index in [1.54, 1.807) is 6.07 Å². The monoisotopic (exact) mass is 304 g/mol. The van der Waals surface area contributed by atoms with E-state index in [1.807, 2.05) is 47.1 Å². The van der Waals surface area contributed by atoms with Gasteiger partial charge in [-0.05, 0) is 48.6 Å². The minimum atomic E-state index is -0.210. The van der Waals surface area contributed by atoms with Crippen LogP contribution in [0.5, 0.6) is 0 Å². The van der Waals surface area contributed by atoms with Crippen LogP contribution in [0.2, 0.25) is 0 Å². The molecule has 2 aromatic rings. The topological polar surface area (TPSA) is 17.8 Å². The largest absolute Gasteiger partial charge is 0.328 e. The van der Waals surface area contributed by atoms with E-state index >= 15 is 0 Å². The Morgan fingerprint density at radius 3 is 2.86 bits per heavy atom. The molecule has 14 heavy (non-hydrogen) atoms. The molecule has 0 spiro atoms. The first-order valence-corrected chi connectivity index (χ1v) is 5.54. The summed E-state index contributed by atoms with van der Waals surface area (Å²) >= 11 is 1.98. The number of rotatable bonds is 1. The maximum Gasteiger partial charge on any atom is 0.164 e. The molecule has 2 nitrogen and oxygen atoms in total. The van der Waals surface area contributed by atoms with E-state index in [-0.39, 0.29) is 5.82 Å². The molecule has 0 amide bonds. The lowest BCUT2D eigenvalue weighted by molar-refractivity contribution is 0.630. The van der Waals surface area contributed by atoms with Crippen molar-refractivity contribution in [2.75, 3.05) is 0 Å². The van der Waals surface area contributed by atoms with Crippen molar-refractivity contribution >= 4 is 33.6 Å². The average molecular weight is 304 g/mol. The molecule has 74 valence electrons. The zero-order chi connectivity index (χ0) is 10.3. The fourth-order valence-electron chi connectivity index (χ4n) is 1.65. The van der Waals surface area contributed by atoms with Gasteiger partial charge in [-0.15, -0.1) is 0 Å². The van der Waals surface area contributed by atoms with Crippen LogP contribution in [0.25, 0.3) is 11.0 Å². The van der Waals surface area contributed by atoms with Crippen LogP contribution in [0.3, 0.4) is 0 Å². The molecule has 0 bridgehead atoms. The van der Waals surface area contributed by atoms with Crippen molar-refractivity contribution in [2.45, 2.75) is 20.4 Å². The van der Waals surface area contributed by atoms with Crippen LogP contribution < -0.4 is 0 Å². The van der Waals surface area contributed by atoms with E-state index in [2.05, 4.69) is 4.98 Å². The van der Waals surface area contributed by atoms with Gasteiger partial charge in [0, 0.05) is 6.54 Å². The molecule has 1 aromatic carbocycles. The van der Waals surface area contributed by atoms with Gasteiger partial charge in [0.15, 0.2) is 5.82 Å². The number of benzene rings is 1. The highest BCUT2D eigenvalue weighted by atomic mass is 127. The summed E-state index contributed by atoms with van der Waals surface area (Å²) in [4.78, 5) is 4.23. The summed E-state index contributed by atoms with van der Waals surface area (Å²) in [7, 11) is 0. The van der Waals surface area contributed by atoms with Gasteiger partial charge in [-0.1, -0.05) is 0 Å². The lowest BCUT2D eigenvalue weighted by Gasteiger charge is -2.01. The summed E-state index contributed by atoms with van der Waals surface area (Å²) in [6, 6.07) is 3.70. The lowest BCUT2D eigenvalue weighted by Crippen LogP contribution is -1.96. The molecule has 0 atom stereocenters. The fraction of sp³-hybridized carbons (Fsp3) is 0.300. The van der Waals surface area contributed by atoms with Gasteiger partial charge in [0.25, 0.3) is 0 Å². The molecule has 0 N–H and O–H groups in total. The van der Waals surface area contributed by atoms with E-state index in [1.165, 1.54) is 0 Å². The SMILES string of the molecule is CCn1c(C)nc2c(F)c(I)ccc21. The van der Waals surface area contributed by atoms with Crippen molar-refractivity contribution in [3.05, 3.63) is 27.3 Å². The molecule has 0 radical (unpaired) electrons. The fourth-order valence-corrected chi connectivity index (χ4v) is 2.08. The number of nitrogens with zero attached hydrogens (tertiary/aromatic N) is 2. The van der Waals surface area contributed by atoms with Crippen LogP contribution in [0.15, 0.2) is 12.1 Å². The van der Waals surface area contributed by atoms with Gasteiger partial charge in [-0.3, -0.25) is 0 Å². The van der Waals surface area contributed by atoms with Gasteiger partial charge in [0.2, 0.25) is 0 Å². The summed E-state index contributed by atoms with van der Waals surface area (Å²) in [5.41, 5.74) is 1.36. The maximum absolute atomic E-state index is 13.6. The smallest absolute Gasteiger partial charge is 0.164 e. The maximum atomic E-state index is 13.6.